The summed E-state index contributed by atoms with van der Waals surface area (Å²) in [6.07, 6.45) is 1.08. The van der Waals surface area contributed by atoms with E-state index in [1.54, 1.807) is 0 Å². The van der Waals surface area contributed by atoms with Gasteiger partial charge in [-0.1, -0.05) is 30.3 Å². The molecule has 1 unspecified atom stereocenters. The average Bonchev–Trinajstić information content (AvgIpc) is 2.62. The van der Waals surface area contributed by atoms with E-state index in [-0.39, 0.29) is 31.4 Å². The van der Waals surface area contributed by atoms with Gasteiger partial charge in [-0.15, -0.1) is 0 Å². The van der Waals surface area contributed by atoms with Gasteiger partial charge in [0.15, 0.2) is 12.6 Å². The molecule has 1 aromatic carbocycles. The van der Waals surface area contributed by atoms with Crippen LogP contribution in [-0.4, -0.2) is 56.6 Å². The molecule has 2 aliphatic heterocycles. The first-order chi connectivity index (χ1) is 11.4. The highest BCUT2D eigenvalue weighted by molar-refractivity contribution is 5.16. The Balaban J connectivity index is 1.42. The first-order valence-electron chi connectivity index (χ1n) is 8.14. The summed E-state index contributed by atoms with van der Waals surface area (Å²) in [5.41, 5.74) is 1.03. The maximum atomic E-state index is 8.63. The van der Waals surface area contributed by atoms with E-state index in [1.165, 1.54) is 0 Å². The number of benzene rings is 1. The summed E-state index contributed by atoms with van der Waals surface area (Å²) in [7, 11) is 0. The van der Waals surface area contributed by atoms with Crippen LogP contribution < -0.4 is 0 Å². The standard InChI is InChI=1S/C17H24O6/c18-8-9-19-10-11-20-16-7-6-14-15(22-16)12-21-17(23-14)13-4-2-1-3-5-13/h1-5,14-18H,6-12H2/t14-,15+,16+,17?/m0/s1. The minimum absolute atomic E-state index is 0.0287. The van der Waals surface area contributed by atoms with Crippen LogP contribution in [0.25, 0.3) is 0 Å². The Bertz CT molecular complexity index is 454. The SMILES string of the molecule is OCCOCCO[C@H]1CC[C@@H]2OC(c3ccccc3)OC[C@H]2O1. The lowest BCUT2D eigenvalue weighted by molar-refractivity contribution is -0.317. The Morgan fingerprint density at radius 3 is 2.70 bits per heavy atom. The van der Waals surface area contributed by atoms with Crippen LogP contribution in [0.4, 0.5) is 0 Å². The summed E-state index contributed by atoms with van der Waals surface area (Å²) in [6.45, 7) is 1.78. The van der Waals surface area contributed by atoms with Crippen molar-refractivity contribution in [1.29, 1.82) is 0 Å². The minimum Gasteiger partial charge on any atom is -0.394 e. The van der Waals surface area contributed by atoms with Crippen molar-refractivity contribution in [3.05, 3.63) is 35.9 Å². The van der Waals surface area contributed by atoms with Crippen molar-refractivity contribution in [2.75, 3.05) is 33.0 Å². The second-order valence-corrected chi connectivity index (χ2v) is 5.64. The maximum absolute atomic E-state index is 8.63. The monoisotopic (exact) mass is 324 g/mol. The van der Waals surface area contributed by atoms with E-state index in [9.17, 15) is 0 Å². The smallest absolute Gasteiger partial charge is 0.184 e. The summed E-state index contributed by atoms with van der Waals surface area (Å²) >= 11 is 0. The lowest BCUT2D eigenvalue weighted by Crippen LogP contribution is -2.48. The molecule has 0 radical (unpaired) electrons. The second kappa shape index (κ2) is 8.73. The number of fused-ring (bicyclic) bond motifs is 1. The first kappa shape index (κ1) is 16.8. The van der Waals surface area contributed by atoms with Crippen LogP contribution in [0.1, 0.15) is 24.7 Å². The number of aliphatic hydroxyl groups is 1. The minimum atomic E-state index is -0.314. The third kappa shape index (κ3) is 4.73. The molecule has 0 saturated carbocycles. The average molecular weight is 324 g/mol. The second-order valence-electron chi connectivity index (χ2n) is 5.64. The van der Waals surface area contributed by atoms with Gasteiger partial charge in [0, 0.05) is 12.0 Å². The van der Waals surface area contributed by atoms with Crippen LogP contribution in [0.15, 0.2) is 30.3 Å². The van der Waals surface area contributed by atoms with Gasteiger partial charge in [-0.25, -0.2) is 0 Å². The molecule has 2 heterocycles. The fourth-order valence-electron chi connectivity index (χ4n) is 2.83. The zero-order valence-corrected chi connectivity index (χ0v) is 13.1. The van der Waals surface area contributed by atoms with Gasteiger partial charge in [-0.05, 0) is 6.42 Å². The summed E-state index contributed by atoms with van der Waals surface area (Å²) < 4.78 is 28.5. The molecule has 6 heteroatoms. The summed E-state index contributed by atoms with van der Waals surface area (Å²) in [5.74, 6) is 0. The summed E-state index contributed by atoms with van der Waals surface area (Å²) in [6, 6.07) is 9.95. The third-order valence-electron chi connectivity index (χ3n) is 3.98. The Morgan fingerprint density at radius 1 is 1.00 bits per heavy atom. The lowest BCUT2D eigenvalue weighted by Gasteiger charge is -2.41. The zero-order chi connectivity index (χ0) is 15.9. The molecule has 2 aliphatic rings. The predicted octanol–water partition coefficient (Wildman–Crippen LogP) is 1.63. The van der Waals surface area contributed by atoms with Gasteiger partial charge in [0.25, 0.3) is 0 Å². The van der Waals surface area contributed by atoms with E-state index >= 15 is 0 Å². The lowest BCUT2D eigenvalue weighted by atomic mass is 10.0. The quantitative estimate of drug-likeness (QED) is 0.769. The zero-order valence-electron chi connectivity index (χ0n) is 13.1. The van der Waals surface area contributed by atoms with Gasteiger partial charge in [0.05, 0.1) is 39.1 Å². The van der Waals surface area contributed by atoms with Crippen LogP contribution in [0.3, 0.4) is 0 Å². The highest BCUT2D eigenvalue weighted by Gasteiger charge is 2.38. The largest absolute Gasteiger partial charge is 0.394 e. The van der Waals surface area contributed by atoms with Crippen molar-refractivity contribution in [1.82, 2.24) is 0 Å². The van der Waals surface area contributed by atoms with Crippen LogP contribution in [0.5, 0.6) is 0 Å². The Kier molecular flexibility index (Phi) is 6.38. The molecule has 128 valence electrons. The Labute approximate surface area is 136 Å². The van der Waals surface area contributed by atoms with E-state index in [2.05, 4.69) is 0 Å². The first-order valence-corrected chi connectivity index (χ1v) is 8.14. The summed E-state index contributed by atoms with van der Waals surface area (Å²) in [4.78, 5) is 0. The van der Waals surface area contributed by atoms with E-state index in [4.69, 9.17) is 28.8 Å². The highest BCUT2D eigenvalue weighted by Crippen LogP contribution is 2.33. The van der Waals surface area contributed by atoms with E-state index in [0.717, 1.165) is 18.4 Å². The number of rotatable bonds is 7. The van der Waals surface area contributed by atoms with Gasteiger partial charge in [-0.2, -0.15) is 0 Å². The van der Waals surface area contributed by atoms with Crippen molar-refractivity contribution < 1.29 is 28.8 Å². The molecular formula is C17H24O6. The topological polar surface area (TPSA) is 66.4 Å². The Morgan fingerprint density at radius 2 is 1.87 bits per heavy atom. The van der Waals surface area contributed by atoms with Crippen molar-refractivity contribution in [2.24, 2.45) is 0 Å². The van der Waals surface area contributed by atoms with Crippen molar-refractivity contribution in [3.63, 3.8) is 0 Å². The normalized spacial score (nSPS) is 30.8. The summed E-state index contributed by atoms with van der Waals surface area (Å²) in [5, 5.41) is 8.63. The van der Waals surface area contributed by atoms with Crippen LogP contribution in [0.2, 0.25) is 0 Å². The molecule has 2 fully saturated rings. The number of ether oxygens (including phenoxy) is 5. The van der Waals surface area contributed by atoms with Gasteiger partial charge in [0.2, 0.25) is 0 Å². The molecule has 0 amide bonds. The molecule has 3 rings (SSSR count). The molecular weight excluding hydrogens is 300 g/mol. The number of aliphatic hydroxyl groups excluding tert-OH is 1. The molecule has 23 heavy (non-hydrogen) atoms. The third-order valence-corrected chi connectivity index (χ3v) is 3.98. The maximum Gasteiger partial charge on any atom is 0.184 e. The van der Waals surface area contributed by atoms with Gasteiger partial charge in [0.1, 0.15) is 6.10 Å². The van der Waals surface area contributed by atoms with Crippen LogP contribution >= 0.6 is 0 Å². The van der Waals surface area contributed by atoms with Gasteiger partial charge >= 0.3 is 0 Å². The van der Waals surface area contributed by atoms with E-state index in [1.807, 2.05) is 30.3 Å². The van der Waals surface area contributed by atoms with Crippen molar-refractivity contribution in [2.45, 2.75) is 37.6 Å². The van der Waals surface area contributed by atoms with Crippen molar-refractivity contribution in [3.8, 4) is 0 Å². The number of hydrogen-bond donors (Lipinski definition) is 1. The van der Waals surface area contributed by atoms with E-state index < -0.39 is 0 Å². The van der Waals surface area contributed by atoms with E-state index in [0.29, 0.717) is 26.4 Å². The molecule has 0 aliphatic carbocycles. The molecule has 0 spiro atoms. The number of hydrogen-bond acceptors (Lipinski definition) is 6. The fourth-order valence-corrected chi connectivity index (χ4v) is 2.83. The molecule has 0 aromatic heterocycles. The fraction of sp³-hybridized carbons (Fsp3) is 0.647. The van der Waals surface area contributed by atoms with Crippen molar-refractivity contribution >= 4 is 0 Å². The Hall–Kier alpha value is -1.02. The molecule has 0 bridgehead atoms. The predicted molar refractivity (Wildman–Crippen MR) is 81.8 cm³/mol. The van der Waals surface area contributed by atoms with Gasteiger partial charge < -0.3 is 28.8 Å². The highest BCUT2D eigenvalue weighted by atomic mass is 16.7. The molecule has 6 nitrogen and oxygen atoms in total. The molecule has 2 saturated heterocycles. The van der Waals surface area contributed by atoms with Crippen LogP contribution in [0, 0.1) is 0 Å². The van der Waals surface area contributed by atoms with Gasteiger partial charge in [-0.3, -0.25) is 0 Å². The molecule has 1 N–H and O–H groups in total. The van der Waals surface area contributed by atoms with Crippen LogP contribution in [-0.2, 0) is 23.7 Å². The molecule has 4 atom stereocenters. The molecule has 1 aromatic rings.